The number of amides is 2. The molecule has 2 aromatic rings. The van der Waals surface area contributed by atoms with Gasteiger partial charge < -0.3 is 19.9 Å². The summed E-state index contributed by atoms with van der Waals surface area (Å²) in [5, 5.41) is 3.11. The van der Waals surface area contributed by atoms with Gasteiger partial charge in [0.25, 0.3) is 5.91 Å². The Morgan fingerprint density at radius 1 is 1.00 bits per heavy atom. The molecule has 170 valence electrons. The average molecular weight is 436 g/mol. The predicted octanol–water partition coefficient (Wildman–Crippen LogP) is 4.69. The monoisotopic (exact) mass is 435 g/mol. The van der Waals surface area contributed by atoms with E-state index < -0.39 is 0 Å². The number of nitrogens with one attached hydrogen (secondary N) is 1. The highest BCUT2D eigenvalue weighted by molar-refractivity contribution is 5.95. The number of hydrogen-bond acceptors (Lipinski definition) is 4. The number of hydrogen-bond donors (Lipinski definition) is 1. The second-order valence-corrected chi connectivity index (χ2v) is 9.10. The van der Waals surface area contributed by atoms with Crippen molar-refractivity contribution >= 4 is 23.2 Å². The third kappa shape index (κ3) is 5.06. The Hall–Kier alpha value is -3.02. The van der Waals surface area contributed by atoms with Gasteiger partial charge >= 0.3 is 0 Å². The fourth-order valence-corrected chi connectivity index (χ4v) is 4.49. The molecule has 0 atom stereocenters. The van der Waals surface area contributed by atoms with Crippen LogP contribution < -0.4 is 15.0 Å². The van der Waals surface area contributed by atoms with Gasteiger partial charge in [-0.05, 0) is 73.7 Å². The molecule has 0 bridgehead atoms. The molecule has 6 nitrogen and oxygen atoms in total. The molecular weight excluding hydrogens is 402 g/mol. The molecule has 1 N–H and O–H groups in total. The summed E-state index contributed by atoms with van der Waals surface area (Å²) >= 11 is 0. The van der Waals surface area contributed by atoms with E-state index in [1.165, 1.54) is 0 Å². The summed E-state index contributed by atoms with van der Waals surface area (Å²) in [6.07, 6.45) is 6.26. The number of ether oxygens (including phenoxy) is 1. The van der Waals surface area contributed by atoms with E-state index in [9.17, 15) is 9.59 Å². The average Bonchev–Trinajstić information content (AvgIpc) is 3.49. The maximum absolute atomic E-state index is 13.3. The van der Waals surface area contributed by atoms with Crippen LogP contribution in [-0.2, 0) is 11.3 Å². The Bertz CT molecular complexity index is 961. The van der Waals surface area contributed by atoms with Crippen molar-refractivity contribution in [3.05, 3.63) is 53.6 Å². The third-order valence-electron chi connectivity index (χ3n) is 6.48. The molecule has 0 saturated heterocycles. The minimum Gasteiger partial charge on any atom is -0.497 e. The van der Waals surface area contributed by atoms with Crippen LogP contribution in [0, 0.1) is 5.92 Å². The zero-order valence-corrected chi connectivity index (χ0v) is 19.3. The van der Waals surface area contributed by atoms with Crippen molar-refractivity contribution < 1.29 is 14.3 Å². The lowest BCUT2D eigenvalue weighted by atomic mass is 10.1. The van der Waals surface area contributed by atoms with E-state index in [0.29, 0.717) is 12.1 Å². The van der Waals surface area contributed by atoms with Crippen LogP contribution in [0.1, 0.15) is 54.4 Å². The van der Waals surface area contributed by atoms with Crippen LogP contribution >= 0.6 is 0 Å². The Morgan fingerprint density at radius 2 is 1.69 bits per heavy atom. The van der Waals surface area contributed by atoms with Gasteiger partial charge in [0, 0.05) is 49.5 Å². The quantitative estimate of drug-likeness (QED) is 0.653. The van der Waals surface area contributed by atoms with Crippen LogP contribution in [0.2, 0.25) is 0 Å². The number of benzene rings is 2. The second-order valence-electron chi connectivity index (χ2n) is 9.10. The smallest absolute Gasteiger partial charge is 0.254 e. The molecule has 4 rings (SSSR count). The molecule has 0 heterocycles. The predicted molar refractivity (Wildman–Crippen MR) is 127 cm³/mol. The van der Waals surface area contributed by atoms with E-state index in [4.69, 9.17) is 4.74 Å². The summed E-state index contributed by atoms with van der Waals surface area (Å²) in [6.45, 7) is 0.510. The standard InChI is InChI=1S/C26H33N3O3/c1-28(2)24-15-10-21(27-25(30)18-6-4-5-7-18)16-20(24)17-29(22-11-12-22)26(31)19-8-13-23(32-3)14-9-19/h8-10,13-16,18,22H,4-7,11-12,17H2,1-3H3,(H,27,30). The van der Waals surface area contributed by atoms with Gasteiger partial charge in [0.2, 0.25) is 5.91 Å². The third-order valence-corrected chi connectivity index (χ3v) is 6.48. The fraction of sp³-hybridized carbons (Fsp3) is 0.462. The molecule has 2 fully saturated rings. The van der Waals surface area contributed by atoms with Gasteiger partial charge in [-0.3, -0.25) is 9.59 Å². The second kappa shape index (κ2) is 9.63. The number of anilines is 2. The van der Waals surface area contributed by atoms with Crippen LogP contribution in [-0.4, -0.2) is 44.0 Å². The van der Waals surface area contributed by atoms with Crippen molar-refractivity contribution in [2.75, 3.05) is 31.4 Å². The van der Waals surface area contributed by atoms with E-state index in [1.807, 2.05) is 61.5 Å². The van der Waals surface area contributed by atoms with Crippen molar-refractivity contribution in [2.24, 2.45) is 5.92 Å². The molecule has 0 aromatic heterocycles. The largest absolute Gasteiger partial charge is 0.497 e. The summed E-state index contributed by atoms with van der Waals surface area (Å²) in [5.74, 6) is 0.992. The Morgan fingerprint density at radius 3 is 2.28 bits per heavy atom. The summed E-state index contributed by atoms with van der Waals surface area (Å²) < 4.78 is 5.22. The maximum atomic E-state index is 13.3. The molecule has 0 aliphatic heterocycles. The van der Waals surface area contributed by atoms with Crippen molar-refractivity contribution in [1.82, 2.24) is 4.90 Å². The lowest BCUT2D eigenvalue weighted by molar-refractivity contribution is -0.119. The number of carbonyl (C=O) groups is 2. The Labute approximate surface area is 190 Å². The van der Waals surface area contributed by atoms with Crippen LogP contribution in [0.15, 0.2) is 42.5 Å². The Balaban J connectivity index is 1.56. The molecule has 2 aromatic carbocycles. The number of carbonyl (C=O) groups excluding carboxylic acids is 2. The first-order valence-corrected chi connectivity index (χ1v) is 11.5. The van der Waals surface area contributed by atoms with E-state index >= 15 is 0 Å². The number of nitrogens with zero attached hydrogens (tertiary/aromatic N) is 2. The highest BCUT2D eigenvalue weighted by atomic mass is 16.5. The van der Waals surface area contributed by atoms with Crippen LogP contribution in [0.3, 0.4) is 0 Å². The van der Waals surface area contributed by atoms with E-state index in [0.717, 1.165) is 61.2 Å². The van der Waals surface area contributed by atoms with Gasteiger partial charge in [0.15, 0.2) is 0 Å². The highest BCUT2D eigenvalue weighted by Gasteiger charge is 2.33. The van der Waals surface area contributed by atoms with Crippen LogP contribution in [0.5, 0.6) is 5.75 Å². The molecule has 6 heteroatoms. The van der Waals surface area contributed by atoms with Gasteiger partial charge in [-0.1, -0.05) is 12.8 Å². The number of rotatable bonds is 8. The maximum Gasteiger partial charge on any atom is 0.254 e. The SMILES string of the molecule is COc1ccc(C(=O)N(Cc2cc(NC(=O)C3CCCC3)ccc2N(C)C)C2CC2)cc1. The molecule has 0 spiro atoms. The lowest BCUT2D eigenvalue weighted by Crippen LogP contribution is -2.33. The van der Waals surface area contributed by atoms with Crippen molar-refractivity contribution in [1.29, 1.82) is 0 Å². The summed E-state index contributed by atoms with van der Waals surface area (Å²) in [7, 11) is 5.62. The molecular formula is C26H33N3O3. The topological polar surface area (TPSA) is 61.9 Å². The summed E-state index contributed by atoms with van der Waals surface area (Å²) in [5.41, 5.74) is 3.55. The fourth-order valence-electron chi connectivity index (χ4n) is 4.49. The zero-order chi connectivity index (χ0) is 22.7. The van der Waals surface area contributed by atoms with Gasteiger partial charge in [-0.15, -0.1) is 0 Å². The van der Waals surface area contributed by atoms with Crippen LogP contribution in [0.4, 0.5) is 11.4 Å². The van der Waals surface area contributed by atoms with E-state index in [1.54, 1.807) is 7.11 Å². The minimum absolute atomic E-state index is 0.0280. The molecule has 0 radical (unpaired) electrons. The van der Waals surface area contributed by atoms with Gasteiger partial charge in [-0.25, -0.2) is 0 Å². The van der Waals surface area contributed by atoms with Crippen LogP contribution in [0.25, 0.3) is 0 Å². The molecule has 0 unspecified atom stereocenters. The Kier molecular flexibility index (Phi) is 6.68. The molecule has 2 saturated carbocycles. The van der Waals surface area contributed by atoms with Gasteiger partial charge in [0.05, 0.1) is 7.11 Å². The van der Waals surface area contributed by atoms with Crippen molar-refractivity contribution in [2.45, 2.75) is 51.1 Å². The van der Waals surface area contributed by atoms with Crippen molar-refractivity contribution in [3.8, 4) is 5.75 Å². The molecule has 2 aliphatic rings. The molecule has 2 amide bonds. The van der Waals surface area contributed by atoms with E-state index in [-0.39, 0.29) is 23.8 Å². The lowest BCUT2D eigenvalue weighted by Gasteiger charge is -2.26. The van der Waals surface area contributed by atoms with E-state index in [2.05, 4.69) is 10.2 Å². The minimum atomic E-state index is 0.0280. The summed E-state index contributed by atoms with van der Waals surface area (Å²) in [4.78, 5) is 30.0. The number of methoxy groups -OCH3 is 1. The van der Waals surface area contributed by atoms with Gasteiger partial charge in [0.1, 0.15) is 5.75 Å². The summed E-state index contributed by atoms with van der Waals surface area (Å²) in [6, 6.07) is 13.6. The first kappa shape index (κ1) is 22.2. The normalized spacial score (nSPS) is 16.0. The molecule has 2 aliphatic carbocycles. The van der Waals surface area contributed by atoms with Crippen molar-refractivity contribution in [3.63, 3.8) is 0 Å². The highest BCUT2D eigenvalue weighted by Crippen LogP contribution is 2.33. The first-order valence-electron chi connectivity index (χ1n) is 11.5. The zero-order valence-electron chi connectivity index (χ0n) is 19.3. The van der Waals surface area contributed by atoms with Gasteiger partial charge in [-0.2, -0.15) is 0 Å². The molecule has 32 heavy (non-hydrogen) atoms. The first-order chi connectivity index (χ1) is 15.5.